The minimum atomic E-state index is -0.632. The van der Waals surface area contributed by atoms with Crippen LogP contribution in [0.3, 0.4) is 0 Å². The van der Waals surface area contributed by atoms with Gasteiger partial charge in [0.1, 0.15) is 12.1 Å². The van der Waals surface area contributed by atoms with Gasteiger partial charge in [-0.2, -0.15) is 4.39 Å². The number of aromatic nitrogens is 2. The minimum Gasteiger partial charge on any atom is -0.439 e. The van der Waals surface area contributed by atoms with E-state index in [2.05, 4.69) is 9.97 Å². The molecule has 0 bridgehead atoms. The van der Waals surface area contributed by atoms with Crippen molar-refractivity contribution >= 4 is 0 Å². The van der Waals surface area contributed by atoms with E-state index in [-0.39, 0.29) is 12.5 Å². The van der Waals surface area contributed by atoms with Gasteiger partial charge in [0.05, 0.1) is 6.07 Å². The number of halogens is 1. The molecule has 0 fully saturated rings. The van der Waals surface area contributed by atoms with Gasteiger partial charge in [0.2, 0.25) is 11.8 Å². The Morgan fingerprint density at radius 3 is 2.59 bits per heavy atom. The molecule has 0 unspecified atom stereocenters. The Bertz CT molecular complexity index is 488. The molecule has 1 N–H and O–H groups in total. The molecule has 4 nitrogen and oxygen atoms in total. The van der Waals surface area contributed by atoms with Crippen molar-refractivity contribution in [2.75, 3.05) is 6.61 Å². The van der Waals surface area contributed by atoms with Gasteiger partial charge in [-0.05, 0) is 24.1 Å². The third-order valence-electron chi connectivity index (χ3n) is 2.15. The third kappa shape index (κ3) is 3.22. The number of rotatable bonds is 4. The number of aliphatic hydroxyl groups excluding tert-OH is 1. The van der Waals surface area contributed by atoms with Crippen LogP contribution in [0, 0.1) is 5.95 Å². The van der Waals surface area contributed by atoms with Gasteiger partial charge in [-0.3, -0.25) is 0 Å². The van der Waals surface area contributed by atoms with Crippen molar-refractivity contribution in [3.8, 4) is 11.6 Å². The normalized spacial score (nSPS) is 10.2. The monoisotopic (exact) mass is 234 g/mol. The lowest BCUT2D eigenvalue weighted by atomic mass is 10.1. The van der Waals surface area contributed by atoms with Gasteiger partial charge < -0.3 is 9.84 Å². The molecule has 2 rings (SSSR count). The predicted octanol–water partition coefficient (Wildman–Crippen LogP) is 1.94. The molecule has 17 heavy (non-hydrogen) atoms. The molecule has 0 atom stereocenters. The molecule has 0 aliphatic carbocycles. The SMILES string of the molecule is OCCc1ccc(Oc2cc(F)ncn2)cc1. The molecule has 0 spiro atoms. The second kappa shape index (κ2) is 5.36. The number of hydrogen-bond acceptors (Lipinski definition) is 4. The molecular weight excluding hydrogens is 223 g/mol. The Kier molecular flexibility index (Phi) is 3.62. The average molecular weight is 234 g/mol. The zero-order chi connectivity index (χ0) is 12.1. The zero-order valence-electron chi connectivity index (χ0n) is 9.01. The van der Waals surface area contributed by atoms with Crippen LogP contribution >= 0.6 is 0 Å². The van der Waals surface area contributed by atoms with E-state index < -0.39 is 5.95 Å². The molecule has 0 aliphatic heterocycles. The van der Waals surface area contributed by atoms with Crippen LogP contribution in [-0.4, -0.2) is 21.7 Å². The van der Waals surface area contributed by atoms with Crippen molar-refractivity contribution in [3.63, 3.8) is 0 Å². The smallest absolute Gasteiger partial charge is 0.225 e. The first-order valence-electron chi connectivity index (χ1n) is 5.13. The molecule has 0 saturated heterocycles. The highest BCUT2D eigenvalue weighted by molar-refractivity contribution is 5.30. The van der Waals surface area contributed by atoms with Crippen molar-refractivity contribution in [3.05, 3.63) is 48.2 Å². The van der Waals surface area contributed by atoms with Crippen LogP contribution in [0.25, 0.3) is 0 Å². The Labute approximate surface area is 97.7 Å². The molecule has 0 saturated carbocycles. The van der Waals surface area contributed by atoms with Crippen LogP contribution in [0.1, 0.15) is 5.56 Å². The number of aliphatic hydroxyl groups is 1. The fourth-order valence-electron chi connectivity index (χ4n) is 1.35. The summed E-state index contributed by atoms with van der Waals surface area (Å²) in [6, 6.07) is 8.27. The Hall–Kier alpha value is -2.01. The highest BCUT2D eigenvalue weighted by Gasteiger charge is 2.01. The first-order chi connectivity index (χ1) is 8.28. The molecule has 5 heteroatoms. The summed E-state index contributed by atoms with van der Waals surface area (Å²) in [6.45, 7) is 0.108. The molecule has 0 aliphatic rings. The predicted molar refractivity (Wildman–Crippen MR) is 59.3 cm³/mol. The van der Waals surface area contributed by atoms with Gasteiger partial charge in [-0.25, -0.2) is 9.97 Å². The largest absolute Gasteiger partial charge is 0.439 e. The van der Waals surface area contributed by atoms with Crippen LogP contribution in [0.4, 0.5) is 4.39 Å². The lowest BCUT2D eigenvalue weighted by Gasteiger charge is -2.05. The molecule has 1 heterocycles. The van der Waals surface area contributed by atoms with Crippen LogP contribution in [0.2, 0.25) is 0 Å². The Morgan fingerprint density at radius 2 is 1.94 bits per heavy atom. The Morgan fingerprint density at radius 1 is 1.18 bits per heavy atom. The quantitative estimate of drug-likeness (QED) is 0.821. The minimum absolute atomic E-state index is 0.108. The van der Waals surface area contributed by atoms with E-state index in [0.29, 0.717) is 12.2 Å². The topological polar surface area (TPSA) is 55.2 Å². The van der Waals surface area contributed by atoms with E-state index in [1.54, 1.807) is 12.1 Å². The number of hydrogen-bond donors (Lipinski definition) is 1. The van der Waals surface area contributed by atoms with Gasteiger partial charge in [-0.1, -0.05) is 12.1 Å². The van der Waals surface area contributed by atoms with Gasteiger partial charge >= 0.3 is 0 Å². The fraction of sp³-hybridized carbons (Fsp3) is 0.167. The summed E-state index contributed by atoms with van der Waals surface area (Å²) in [5, 5.41) is 8.76. The molecule has 88 valence electrons. The highest BCUT2D eigenvalue weighted by atomic mass is 19.1. The van der Waals surface area contributed by atoms with E-state index in [4.69, 9.17) is 9.84 Å². The number of benzene rings is 1. The van der Waals surface area contributed by atoms with Crippen LogP contribution < -0.4 is 4.74 Å². The molecule has 0 radical (unpaired) electrons. The van der Waals surface area contributed by atoms with Crippen molar-refractivity contribution in [2.24, 2.45) is 0 Å². The van der Waals surface area contributed by atoms with Crippen molar-refractivity contribution < 1.29 is 14.2 Å². The molecule has 0 amide bonds. The van der Waals surface area contributed by atoms with E-state index in [0.717, 1.165) is 18.0 Å². The van der Waals surface area contributed by atoms with E-state index in [1.165, 1.54) is 0 Å². The van der Waals surface area contributed by atoms with Crippen molar-refractivity contribution in [1.82, 2.24) is 9.97 Å². The first-order valence-corrected chi connectivity index (χ1v) is 5.13. The van der Waals surface area contributed by atoms with Gasteiger partial charge in [0.25, 0.3) is 0 Å². The fourth-order valence-corrected chi connectivity index (χ4v) is 1.35. The van der Waals surface area contributed by atoms with Crippen LogP contribution in [0.15, 0.2) is 36.7 Å². The van der Waals surface area contributed by atoms with E-state index >= 15 is 0 Å². The van der Waals surface area contributed by atoms with Crippen LogP contribution in [-0.2, 0) is 6.42 Å². The number of ether oxygens (including phenoxy) is 1. The molecule has 2 aromatic rings. The van der Waals surface area contributed by atoms with Gasteiger partial charge in [-0.15, -0.1) is 0 Å². The number of nitrogens with zero attached hydrogens (tertiary/aromatic N) is 2. The van der Waals surface area contributed by atoms with Crippen LogP contribution in [0.5, 0.6) is 11.6 Å². The summed E-state index contributed by atoms with van der Waals surface area (Å²) in [7, 11) is 0. The molecule has 1 aromatic carbocycles. The second-order valence-electron chi connectivity index (χ2n) is 3.40. The van der Waals surface area contributed by atoms with Gasteiger partial charge in [0, 0.05) is 6.61 Å². The summed E-state index contributed by atoms with van der Waals surface area (Å²) >= 11 is 0. The zero-order valence-corrected chi connectivity index (χ0v) is 9.01. The summed E-state index contributed by atoms with van der Waals surface area (Å²) in [5.41, 5.74) is 1.01. The maximum atomic E-state index is 12.8. The lowest BCUT2D eigenvalue weighted by molar-refractivity contribution is 0.299. The molecule has 1 aromatic heterocycles. The van der Waals surface area contributed by atoms with E-state index in [9.17, 15) is 4.39 Å². The van der Waals surface area contributed by atoms with Crippen molar-refractivity contribution in [1.29, 1.82) is 0 Å². The van der Waals surface area contributed by atoms with E-state index in [1.807, 2.05) is 12.1 Å². The maximum absolute atomic E-state index is 12.8. The standard InChI is InChI=1S/C12H11FN2O2/c13-11-7-12(15-8-14-11)17-10-3-1-9(2-4-10)5-6-16/h1-4,7-8,16H,5-6H2. The van der Waals surface area contributed by atoms with Gasteiger partial charge in [0.15, 0.2) is 0 Å². The first kappa shape index (κ1) is 11.5. The third-order valence-corrected chi connectivity index (χ3v) is 2.15. The lowest BCUT2D eigenvalue weighted by Crippen LogP contribution is -1.92. The average Bonchev–Trinajstić information content (AvgIpc) is 2.32. The second-order valence-corrected chi connectivity index (χ2v) is 3.40. The maximum Gasteiger partial charge on any atom is 0.225 e. The molecular formula is C12H11FN2O2. The van der Waals surface area contributed by atoms with Crippen molar-refractivity contribution in [2.45, 2.75) is 6.42 Å². The Balaban J connectivity index is 2.08. The highest BCUT2D eigenvalue weighted by Crippen LogP contribution is 2.19. The summed E-state index contributed by atoms with van der Waals surface area (Å²) in [5.74, 6) is 0.0871. The summed E-state index contributed by atoms with van der Waals surface area (Å²) in [6.07, 6.45) is 1.70. The summed E-state index contributed by atoms with van der Waals surface area (Å²) < 4.78 is 18.1. The summed E-state index contributed by atoms with van der Waals surface area (Å²) in [4.78, 5) is 7.11.